The van der Waals surface area contributed by atoms with E-state index >= 15 is 0 Å². The molecule has 2 N–H and O–H groups in total. The Morgan fingerprint density at radius 2 is 2.08 bits per heavy atom. The number of fused-ring (bicyclic) bond motifs is 4. The van der Waals surface area contributed by atoms with Crippen LogP contribution in [0.25, 0.3) is 10.9 Å². The molecule has 3 saturated heterocycles. The summed E-state index contributed by atoms with van der Waals surface area (Å²) in [6.07, 6.45) is 4.63. The molecule has 0 spiro atoms. The van der Waals surface area contributed by atoms with Crippen LogP contribution in [0.2, 0.25) is 0 Å². The van der Waals surface area contributed by atoms with Crippen molar-refractivity contribution in [3.63, 3.8) is 0 Å². The van der Waals surface area contributed by atoms with Crippen molar-refractivity contribution < 1.29 is 9.90 Å². The van der Waals surface area contributed by atoms with E-state index in [2.05, 4.69) is 16.4 Å². The van der Waals surface area contributed by atoms with Gasteiger partial charge in [0.1, 0.15) is 0 Å². The first-order valence-electron chi connectivity index (χ1n) is 8.39. The van der Waals surface area contributed by atoms with E-state index in [1.807, 2.05) is 23.7 Å². The molecule has 4 heterocycles. The monoisotopic (exact) mass is 321 g/mol. The number of nitrogens with one attached hydrogen (secondary N) is 1. The van der Waals surface area contributed by atoms with Gasteiger partial charge in [0.05, 0.1) is 5.56 Å². The zero-order chi connectivity index (χ0) is 16.0. The SMILES string of the molecule is Cn1cc(CNC2CN3CCC2CC3)c2c(C(=O)O)cccc21.[LiH]. The molecule has 2 aromatic rings. The summed E-state index contributed by atoms with van der Waals surface area (Å²) in [6, 6.07) is 6.03. The standard InChI is InChI=1S/C18H23N3O2.Li.H/c1-20-10-13(17-14(18(22)23)3-2-4-16(17)20)9-19-15-11-21-7-5-12(15)6-8-21;;/h2-4,10,12,15,19H,5-9,11H2,1H3,(H,22,23);;. The van der Waals surface area contributed by atoms with Crippen molar-refractivity contribution in [1.29, 1.82) is 0 Å². The third kappa shape index (κ3) is 3.02. The normalized spacial score (nSPS) is 25.6. The molecule has 0 aliphatic carbocycles. The molecule has 1 aromatic carbocycles. The van der Waals surface area contributed by atoms with E-state index in [1.165, 1.54) is 25.9 Å². The quantitative estimate of drug-likeness (QED) is 0.836. The Balaban J connectivity index is 0.00000169. The predicted molar refractivity (Wildman–Crippen MR) is 96.8 cm³/mol. The van der Waals surface area contributed by atoms with Gasteiger partial charge in [-0.3, -0.25) is 0 Å². The van der Waals surface area contributed by atoms with Crippen LogP contribution in [0.15, 0.2) is 24.4 Å². The van der Waals surface area contributed by atoms with Crippen LogP contribution in [0, 0.1) is 5.92 Å². The molecule has 124 valence electrons. The van der Waals surface area contributed by atoms with Gasteiger partial charge in [0.25, 0.3) is 0 Å². The molecule has 0 saturated carbocycles. The van der Waals surface area contributed by atoms with Crippen molar-refractivity contribution in [2.24, 2.45) is 13.0 Å². The number of carboxylic acids is 1. The first-order chi connectivity index (χ1) is 11.1. The molecule has 3 fully saturated rings. The fraction of sp³-hybridized carbons (Fsp3) is 0.500. The number of carboxylic acid groups (broad SMARTS) is 1. The van der Waals surface area contributed by atoms with Crippen LogP contribution < -0.4 is 5.32 Å². The fourth-order valence-electron chi connectivity index (χ4n) is 4.29. The number of hydrogen-bond donors (Lipinski definition) is 2. The summed E-state index contributed by atoms with van der Waals surface area (Å²) in [7, 11) is 1.98. The van der Waals surface area contributed by atoms with Crippen molar-refractivity contribution in [3.05, 3.63) is 35.5 Å². The molecule has 1 atom stereocenters. The summed E-state index contributed by atoms with van der Waals surface area (Å²) in [4.78, 5) is 14.1. The first-order valence-corrected chi connectivity index (χ1v) is 8.39. The Morgan fingerprint density at radius 1 is 1.33 bits per heavy atom. The van der Waals surface area contributed by atoms with Crippen molar-refractivity contribution in [3.8, 4) is 0 Å². The Bertz CT molecular complexity index is 750. The van der Waals surface area contributed by atoms with Gasteiger partial charge in [-0.2, -0.15) is 0 Å². The van der Waals surface area contributed by atoms with Gasteiger partial charge in [-0.1, -0.05) is 6.07 Å². The van der Waals surface area contributed by atoms with Crippen LogP contribution in [0.1, 0.15) is 28.8 Å². The zero-order valence-corrected chi connectivity index (χ0v) is 13.5. The number of aromatic nitrogens is 1. The molecular weight excluding hydrogens is 297 g/mol. The molecule has 0 radical (unpaired) electrons. The second-order valence-electron chi connectivity index (χ2n) is 6.90. The van der Waals surface area contributed by atoms with Gasteiger partial charge >= 0.3 is 24.8 Å². The Hall–Kier alpha value is -1.25. The summed E-state index contributed by atoms with van der Waals surface area (Å²) in [5, 5.41) is 14.0. The van der Waals surface area contributed by atoms with E-state index in [1.54, 1.807) is 6.07 Å². The van der Waals surface area contributed by atoms with Gasteiger partial charge < -0.3 is 19.9 Å². The van der Waals surface area contributed by atoms with Crippen molar-refractivity contribution in [2.45, 2.75) is 25.4 Å². The molecule has 1 aromatic heterocycles. The van der Waals surface area contributed by atoms with Gasteiger partial charge in [0.2, 0.25) is 0 Å². The third-order valence-corrected chi connectivity index (χ3v) is 5.53. The van der Waals surface area contributed by atoms with Crippen LogP contribution in [0.4, 0.5) is 0 Å². The van der Waals surface area contributed by atoms with Crippen LogP contribution in [-0.2, 0) is 13.6 Å². The van der Waals surface area contributed by atoms with Crippen molar-refractivity contribution >= 4 is 35.7 Å². The van der Waals surface area contributed by atoms with E-state index in [4.69, 9.17) is 0 Å². The van der Waals surface area contributed by atoms with Gasteiger partial charge in [0.15, 0.2) is 0 Å². The third-order valence-electron chi connectivity index (χ3n) is 5.53. The van der Waals surface area contributed by atoms with Gasteiger partial charge in [-0.25, -0.2) is 4.79 Å². The molecular formula is C18H24LiN3O2. The number of hydrogen-bond acceptors (Lipinski definition) is 3. The van der Waals surface area contributed by atoms with Crippen molar-refractivity contribution in [1.82, 2.24) is 14.8 Å². The molecule has 24 heavy (non-hydrogen) atoms. The Labute approximate surface area is 154 Å². The van der Waals surface area contributed by atoms with E-state index in [9.17, 15) is 9.90 Å². The average Bonchev–Trinajstić information content (AvgIpc) is 2.90. The molecule has 5 rings (SSSR count). The van der Waals surface area contributed by atoms with Crippen LogP contribution in [0.3, 0.4) is 0 Å². The fourth-order valence-corrected chi connectivity index (χ4v) is 4.29. The zero-order valence-electron chi connectivity index (χ0n) is 13.5. The van der Waals surface area contributed by atoms with Crippen LogP contribution in [0.5, 0.6) is 0 Å². The number of piperidine rings is 3. The van der Waals surface area contributed by atoms with E-state index in [0.29, 0.717) is 11.6 Å². The number of aryl methyl sites for hydroxylation is 1. The number of benzene rings is 1. The van der Waals surface area contributed by atoms with Gasteiger partial charge in [-0.05, 0) is 49.5 Å². The van der Waals surface area contributed by atoms with Gasteiger partial charge in [-0.15, -0.1) is 0 Å². The molecule has 0 amide bonds. The topological polar surface area (TPSA) is 57.5 Å². The van der Waals surface area contributed by atoms with Crippen molar-refractivity contribution in [2.75, 3.05) is 19.6 Å². The maximum absolute atomic E-state index is 11.6. The summed E-state index contributed by atoms with van der Waals surface area (Å²) in [5.74, 6) is -0.0835. The summed E-state index contributed by atoms with van der Waals surface area (Å²) >= 11 is 0. The second kappa shape index (κ2) is 6.93. The molecule has 6 heteroatoms. The average molecular weight is 321 g/mol. The maximum atomic E-state index is 11.6. The molecule has 1 unspecified atom stereocenters. The van der Waals surface area contributed by atoms with E-state index in [0.717, 1.165) is 35.5 Å². The molecule has 3 aliphatic rings. The summed E-state index contributed by atoms with van der Waals surface area (Å²) < 4.78 is 2.02. The predicted octanol–water partition coefficient (Wildman–Crippen LogP) is 1.41. The molecule has 2 bridgehead atoms. The minimum absolute atomic E-state index is 0. The van der Waals surface area contributed by atoms with Gasteiger partial charge in [0, 0.05) is 43.3 Å². The van der Waals surface area contributed by atoms with E-state index < -0.39 is 5.97 Å². The second-order valence-corrected chi connectivity index (χ2v) is 6.90. The number of nitrogens with zero attached hydrogens (tertiary/aromatic N) is 2. The molecule has 5 nitrogen and oxygen atoms in total. The summed E-state index contributed by atoms with van der Waals surface area (Å²) in [6.45, 7) is 4.33. The van der Waals surface area contributed by atoms with Crippen LogP contribution in [-0.4, -0.2) is 65.1 Å². The van der Waals surface area contributed by atoms with Crippen LogP contribution >= 0.6 is 0 Å². The first kappa shape index (κ1) is 17.6. The van der Waals surface area contributed by atoms with E-state index in [-0.39, 0.29) is 18.9 Å². The Kier molecular flexibility index (Phi) is 5.07. The minimum atomic E-state index is -0.856. The number of rotatable bonds is 4. The Morgan fingerprint density at radius 3 is 2.71 bits per heavy atom. The number of aromatic carboxylic acids is 1. The molecule has 3 aliphatic heterocycles. The number of carbonyl (C=O) groups is 1. The summed E-state index contributed by atoms with van der Waals surface area (Å²) in [5.41, 5.74) is 2.46.